The van der Waals surface area contributed by atoms with Gasteiger partial charge in [-0.25, -0.2) is 0 Å². The molecule has 0 radical (unpaired) electrons. The highest BCUT2D eigenvalue weighted by Crippen LogP contribution is 2.33. The minimum Gasteiger partial charge on any atom is -0.327 e. The fourth-order valence-electron chi connectivity index (χ4n) is 2.32. The maximum Gasteiger partial charge on any atom is 0.228 e. The molecule has 3 nitrogen and oxygen atoms in total. The molecule has 0 saturated heterocycles. The standard InChI is InChI=1S/C15H22N2O/c1-10-6-11(2)8-13(7-10)17(3)15(18)9-14(16)12-4-5-12/h6-8,12,14H,4-5,9,16H2,1-3H3. The van der Waals surface area contributed by atoms with Crippen molar-refractivity contribution in [2.24, 2.45) is 11.7 Å². The summed E-state index contributed by atoms with van der Waals surface area (Å²) in [6, 6.07) is 6.21. The van der Waals surface area contributed by atoms with Crippen molar-refractivity contribution in [2.75, 3.05) is 11.9 Å². The van der Waals surface area contributed by atoms with Gasteiger partial charge in [0.05, 0.1) is 0 Å². The summed E-state index contributed by atoms with van der Waals surface area (Å²) in [5.74, 6) is 0.681. The number of aryl methyl sites for hydroxylation is 2. The molecule has 1 aromatic carbocycles. The van der Waals surface area contributed by atoms with Crippen molar-refractivity contribution in [3.05, 3.63) is 29.3 Å². The van der Waals surface area contributed by atoms with E-state index in [1.54, 1.807) is 4.90 Å². The molecule has 0 bridgehead atoms. The average Bonchev–Trinajstić information content (AvgIpc) is 3.10. The first-order valence-electron chi connectivity index (χ1n) is 6.58. The largest absolute Gasteiger partial charge is 0.327 e. The van der Waals surface area contributed by atoms with Crippen LogP contribution in [-0.2, 0) is 4.79 Å². The van der Waals surface area contributed by atoms with E-state index in [1.807, 2.05) is 33.0 Å². The molecule has 1 aromatic rings. The number of benzene rings is 1. The molecule has 1 atom stereocenters. The lowest BCUT2D eigenvalue weighted by molar-refractivity contribution is -0.118. The number of hydrogen-bond donors (Lipinski definition) is 1. The zero-order valence-corrected chi connectivity index (χ0v) is 11.4. The highest BCUT2D eigenvalue weighted by Gasteiger charge is 2.30. The Bertz CT molecular complexity index is 432. The van der Waals surface area contributed by atoms with E-state index in [1.165, 1.54) is 24.0 Å². The first-order valence-corrected chi connectivity index (χ1v) is 6.58. The number of carbonyl (C=O) groups excluding carboxylic acids is 1. The van der Waals surface area contributed by atoms with Gasteiger partial charge < -0.3 is 10.6 Å². The summed E-state index contributed by atoms with van der Waals surface area (Å²) in [5.41, 5.74) is 9.32. The first-order chi connectivity index (χ1) is 8.47. The molecule has 1 aliphatic carbocycles. The third kappa shape index (κ3) is 3.10. The van der Waals surface area contributed by atoms with Crippen LogP contribution in [0.3, 0.4) is 0 Å². The number of anilines is 1. The van der Waals surface area contributed by atoms with E-state index < -0.39 is 0 Å². The molecule has 0 spiro atoms. The fraction of sp³-hybridized carbons (Fsp3) is 0.533. The second-order valence-electron chi connectivity index (χ2n) is 5.50. The van der Waals surface area contributed by atoms with Gasteiger partial charge in [0, 0.05) is 25.2 Å². The summed E-state index contributed by atoms with van der Waals surface area (Å²) in [4.78, 5) is 13.9. The summed E-state index contributed by atoms with van der Waals surface area (Å²) >= 11 is 0. The van der Waals surface area contributed by atoms with Crippen molar-refractivity contribution < 1.29 is 4.79 Å². The predicted molar refractivity (Wildman–Crippen MR) is 74.6 cm³/mol. The van der Waals surface area contributed by atoms with Crippen LogP contribution in [0.2, 0.25) is 0 Å². The van der Waals surface area contributed by atoms with Crippen molar-refractivity contribution in [1.82, 2.24) is 0 Å². The Kier molecular flexibility index (Phi) is 3.71. The van der Waals surface area contributed by atoms with Crippen molar-refractivity contribution >= 4 is 11.6 Å². The van der Waals surface area contributed by atoms with Crippen LogP contribution in [0, 0.1) is 19.8 Å². The molecule has 1 unspecified atom stereocenters. The average molecular weight is 246 g/mol. The Morgan fingerprint density at radius 2 is 1.89 bits per heavy atom. The van der Waals surface area contributed by atoms with Crippen molar-refractivity contribution in [1.29, 1.82) is 0 Å². The van der Waals surface area contributed by atoms with Crippen LogP contribution in [0.4, 0.5) is 5.69 Å². The van der Waals surface area contributed by atoms with E-state index in [0.717, 1.165) is 5.69 Å². The van der Waals surface area contributed by atoms with Crippen LogP contribution in [0.1, 0.15) is 30.4 Å². The smallest absolute Gasteiger partial charge is 0.228 e. The maximum atomic E-state index is 12.2. The molecular formula is C15H22N2O. The highest BCUT2D eigenvalue weighted by atomic mass is 16.2. The number of rotatable bonds is 4. The van der Waals surface area contributed by atoms with Crippen molar-refractivity contribution in [3.8, 4) is 0 Å². The fourth-order valence-corrected chi connectivity index (χ4v) is 2.32. The lowest BCUT2D eigenvalue weighted by atomic mass is 10.1. The number of nitrogens with zero attached hydrogens (tertiary/aromatic N) is 1. The van der Waals surface area contributed by atoms with Crippen LogP contribution >= 0.6 is 0 Å². The summed E-state index contributed by atoms with van der Waals surface area (Å²) in [7, 11) is 1.83. The number of amides is 1. The van der Waals surface area contributed by atoms with Crippen molar-refractivity contribution in [3.63, 3.8) is 0 Å². The SMILES string of the molecule is Cc1cc(C)cc(N(C)C(=O)CC(N)C2CC2)c1. The molecule has 2 N–H and O–H groups in total. The highest BCUT2D eigenvalue weighted by molar-refractivity contribution is 5.93. The van der Waals surface area contributed by atoms with E-state index in [0.29, 0.717) is 12.3 Å². The minimum atomic E-state index is 0.0332. The van der Waals surface area contributed by atoms with Gasteiger partial charge >= 0.3 is 0 Å². The Morgan fingerprint density at radius 3 is 2.39 bits per heavy atom. The van der Waals surface area contributed by atoms with E-state index in [2.05, 4.69) is 6.07 Å². The Labute approximate surface area is 109 Å². The Morgan fingerprint density at radius 1 is 1.33 bits per heavy atom. The molecule has 0 aromatic heterocycles. The maximum absolute atomic E-state index is 12.2. The molecule has 2 rings (SSSR count). The monoisotopic (exact) mass is 246 g/mol. The first kappa shape index (κ1) is 13.1. The zero-order chi connectivity index (χ0) is 13.3. The molecule has 1 saturated carbocycles. The van der Waals surface area contributed by atoms with Crippen LogP contribution < -0.4 is 10.6 Å². The summed E-state index contributed by atoms with van der Waals surface area (Å²) < 4.78 is 0. The van der Waals surface area contributed by atoms with Gasteiger partial charge in [-0.05, 0) is 55.9 Å². The van der Waals surface area contributed by atoms with E-state index in [4.69, 9.17) is 5.73 Å². The molecular weight excluding hydrogens is 224 g/mol. The second kappa shape index (κ2) is 5.11. The van der Waals surface area contributed by atoms with Gasteiger partial charge in [0.1, 0.15) is 0 Å². The quantitative estimate of drug-likeness (QED) is 0.886. The lowest BCUT2D eigenvalue weighted by Crippen LogP contribution is -2.34. The number of carbonyl (C=O) groups is 1. The van der Waals surface area contributed by atoms with Gasteiger partial charge in [0.2, 0.25) is 5.91 Å². The molecule has 0 heterocycles. The van der Waals surface area contributed by atoms with E-state index in [9.17, 15) is 4.79 Å². The number of nitrogens with two attached hydrogens (primary N) is 1. The summed E-state index contributed by atoms with van der Waals surface area (Å²) in [5, 5.41) is 0. The lowest BCUT2D eigenvalue weighted by Gasteiger charge is -2.20. The Hall–Kier alpha value is -1.35. The molecule has 18 heavy (non-hydrogen) atoms. The third-order valence-electron chi connectivity index (χ3n) is 3.61. The van der Waals surface area contributed by atoms with Gasteiger partial charge in [0.25, 0.3) is 0 Å². The Balaban J connectivity index is 2.04. The molecule has 98 valence electrons. The van der Waals surface area contributed by atoms with Crippen molar-refractivity contribution in [2.45, 2.75) is 39.2 Å². The van der Waals surface area contributed by atoms with Gasteiger partial charge in [-0.2, -0.15) is 0 Å². The van der Waals surface area contributed by atoms with Crippen LogP contribution in [0.25, 0.3) is 0 Å². The van der Waals surface area contributed by atoms with E-state index in [-0.39, 0.29) is 11.9 Å². The van der Waals surface area contributed by atoms with Crippen LogP contribution in [0.15, 0.2) is 18.2 Å². The van der Waals surface area contributed by atoms with Gasteiger partial charge in [-0.1, -0.05) is 6.07 Å². The third-order valence-corrected chi connectivity index (χ3v) is 3.61. The molecule has 1 fully saturated rings. The molecule has 3 heteroatoms. The summed E-state index contributed by atoms with van der Waals surface area (Å²) in [6.07, 6.45) is 2.82. The van der Waals surface area contributed by atoms with Gasteiger partial charge in [-0.3, -0.25) is 4.79 Å². The normalized spacial score (nSPS) is 16.4. The molecule has 1 amide bonds. The topological polar surface area (TPSA) is 46.3 Å². The van der Waals surface area contributed by atoms with Gasteiger partial charge in [0.15, 0.2) is 0 Å². The summed E-state index contributed by atoms with van der Waals surface area (Å²) in [6.45, 7) is 4.09. The minimum absolute atomic E-state index is 0.0332. The second-order valence-corrected chi connectivity index (χ2v) is 5.50. The predicted octanol–water partition coefficient (Wildman–Crippen LogP) is 2.39. The number of hydrogen-bond acceptors (Lipinski definition) is 2. The van der Waals surface area contributed by atoms with Crippen LogP contribution in [-0.4, -0.2) is 19.0 Å². The molecule has 1 aliphatic rings. The van der Waals surface area contributed by atoms with Crippen LogP contribution in [0.5, 0.6) is 0 Å². The van der Waals surface area contributed by atoms with E-state index >= 15 is 0 Å². The zero-order valence-electron chi connectivity index (χ0n) is 11.4. The van der Waals surface area contributed by atoms with Gasteiger partial charge in [-0.15, -0.1) is 0 Å². The molecule has 0 aliphatic heterocycles.